The minimum absolute atomic E-state index is 0.667. The Morgan fingerprint density at radius 2 is 1.83 bits per heavy atom. The number of benzene rings is 2. The van der Waals surface area contributed by atoms with Gasteiger partial charge in [-0.15, -0.1) is 0 Å². The Morgan fingerprint density at radius 3 is 2.63 bits per heavy atom. The highest BCUT2D eigenvalue weighted by atomic mass is 79.9. The molecule has 0 aliphatic carbocycles. The van der Waals surface area contributed by atoms with E-state index in [1.165, 1.54) is 0 Å². The molecule has 0 bridgehead atoms. The first-order valence-corrected chi connectivity index (χ1v) is 11.1. The number of aromatic nitrogens is 2. The lowest BCUT2D eigenvalue weighted by molar-refractivity contribution is 0.134. The molecular weight excluding hydrogens is 442 g/mol. The zero-order chi connectivity index (χ0) is 20.8. The van der Waals surface area contributed by atoms with Crippen molar-refractivity contribution in [1.82, 2.24) is 20.0 Å². The number of nitrogens with zero attached hydrogens (tertiary/aromatic N) is 3. The van der Waals surface area contributed by atoms with Crippen molar-refractivity contribution in [2.24, 2.45) is 0 Å². The topological polar surface area (TPSA) is 56.4 Å². The summed E-state index contributed by atoms with van der Waals surface area (Å²) in [5.41, 5.74) is 4.26. The van der Waals surface area contributed by atoms with E-state index < -0.39 is 0 Å². The molecule has 2 aromatic carbocycles. The monoisotopic (exact) mass is 469 g/mol. The molecule has 4 rings (SSSR count). The first-order chi connectivity index (χ1) is 14.7. The van der Waals surface area contributed by atoms with Gasteiger partial charge in [-0.05, 0) is 36.9 Å². The van der Waals surface area contributed by atoms with Crippen LogP contribution in [0.1, 0.15) is 5.56 Å². The highest BCUT2D eigenvalue weighted by molar-refractivity contribution is 9.10. The van der Waals surface area contributed by atoms with Crippen molar-refractivity contribution in [2.45, 2.75) is 6.54 Å². The average Bonchev–Trinajstić information content (AvgIpc) is 3.23. The van der Waals surface area contributed by atoms with E-state index in [0.717, 1.165) is 65.5 Å². The molecule has 158 valence electrons. The largest absolute Gasteiger partial charge is 0.490 e. The summed E-state index contributed by atoms with van der Waals surface area (Å²) in [7, 11) is 2.18. The van der Waals surface area contributed by atoms with Crippen LogP contribution in [0.4, 0.5) is 5.69 Å². The lowest BCUT2D eigenvalue weighted by Gasteiger charge is -2.32. The number of likely N-dealkylation sites (N-methyl/N-ethyl adjacent to an activating group) is 1. The van der Waals surface area contributed by atoms with Gasteiger partial charge in [-0.25, -0.2) is 0 Å². The summed E-state index contributed by atoms with van der Waals surface area (Å²) in [4.78, 5) is 4.83. The number of hydrogen-bond donors (Lipinski definition) is 2. The van der Waals surface area contributed by atoms with Gasteiger partial charge in [0.25, 0.3) is 0 Å². The molecule has 0 radical (unpaired) electrons. The van der Waals surface area contributed by atoms with Crippen LogP contribution < -0.4 is 10.1 Å². The Kier molecular flexibility index (Phi) is 7.04. The second-order valence-corrected chi connectivity index (χ2v) is 8.54. The van der Waals surface area contributed by atoms with Gasteiger partial charge in [-0.2, -0.15) is 5.10 Å². The van der Waals surface area contributed by atoms with Gasteiger partial charge in [0.15, 0.2) is 0 Å². The predicted molar refractivity (Wildman–Crippen MR) is 125 cm³/mol. The van der Waals surface area contributed by atoms with Gasteiger partial charge in [-0.1, -0.05) is 40.2 Å². The van der Waals surface area contributed by atoms with Crippen molar-refractivity contribution in [3.8, 4) is 17.0 Å². The quantitative estimate of drug-likeness (QED) is 0.520. The molecule has 1 aromatic heterocycles. The molecule has 1 aliphatic heterocycles. The van der Waals surface area contributed by atoms with Crippen LogP contribution in [0.25, 0.3) is 11.3 Å². The zero-order valence-corrected chi connectivity index (χ0v) is 18.9. The Labute approximate surface area is 186 Å². The second-order valence-electron chi connectivity index (χ2n) is 7.62. The van der Waals surface area contributed by atoms with Crippen LogP contribution >= 0.6 is 15.9 Å². The smallest absolute Gasteiger partial charge is 0.142 e. The summed E-state index contributed by atoms with van der Waals surface area (Å²) in [6, 6.07) is 16.4. The van der Waals surface area contributed by atoms with E-state index in [0.29, 0.717) is 13.2 Å². The highest BCUT2D eigenvalue weighted by Crippen LogP contribution is 2.27. The van der Waals surface area contributed by atoms with Crippen LogP contribution in [-0.2, 0) is 6.54 Å². The molecular formula is C23H28BrN5O. The Hall–Kier alpha value is -2.35. The number of aromatic amines is 1. The number of para-hydroxylation sites is 2. The first-order valence-electron chi connectivity index (χ1n) is 10.3. The fraction of sp³-hybridized carbons (Fsp3) is 0.348. The number of H-pyrrole nitrogens is 1. The molecule has 2 N–H and O–H groups in total. The Morgan fingerprint density at radius 1 is 1.07 bits per heavy atom. The van der Waals surface area contributed by atoms with Crippen LogP contribution in [0.2, 0.25) is 0 Å². The summed E-state index contributed by atoms with van der Waals surface area (Å²) in [6.45, 7) is 6.79. The predicted octanol–water partition coefficient (Wildman–Crippen LogP) is 4.08. The lowest BCUT2D eigenvalue weighted by Crippen LogP contribution is -2.45. The van der Waals surface area contributed by atoms with Gasteiger partial charge in [0.05, 0.1) is 17.6 Å². The molecule has 0 atom stereocenters. The van der Waals surface area contributed by atoms with Crippen molar-refractivity contribution < 1.29 is 4.74 Å². The average molecular weight is 470 g/mol. The van der Waals surface area contributed by atoms with Crippen molar-refractivity contribution in [3.05, 3.63) is 64.8 Å². The molecule has 1 fully saturated rings. The van der Waals surface area contributed by atoms with Crippen LogP contribution in [0.15, 0.2) is 59.2 Å². The van der Waals surface area contributed by atoms with Crippen LogP contribution in [-0.4, -0.2) is 66.4 Å². The van der Waals surface area contributed by atoms with Gasteiger partial charge in [0, 0.05) is 49.3 Å². The first kappa shape index (κ1) is 20.9. The van der Waals surface area contributed by atoms with Gasteiger partial charge in [0.2, 0.25) is 0 Å². The summed E-state index contributed by atoms with van der Waals surface area (Å²) < 4.78 is 7.18. The minimum atomic E-state index is 0.667. The Bertz CT molecular complexity index is 935. The van der Waals surface area contributed by atoms with E-state index in [1.54, 1.807) is 0 Å². The number of halogens is 1. The highest BCUT2D eigenvalue weighted by Gasteiger charge is 2.14. The zero-order valence-electron chi connectivity index (χ0n) is 17.3. The molecule has 3 aromatic rings. The molecule has 0 unspecified atom stereocenters. The number of rotatable bonds is 8. The summed E-state index contributed by atoms with van der Waals surface area (Å²) >= 11 is 3.49. The van der Waals surface area contributed by atoms with Crippen molar-refractivity contribution in [2.75, 3.05) is 51.7 Å². The fourth-order valence-electron chi connectivity index (χ4n) is 3.60. The lowest BCUT2D eigenvalue weighted by atomic mass is 10.1. The van der Waals surface area contributed by atoms with E-state index in [-0.39, 0.29) is 0 Å². The van der Waals surface area contributed by atoms with Crippen LogP contribution in [0.3, 0.4) is 0 Å². The third-order valence-electron chi connectivity index (χ3n) is 5.47. The SMILES string of the molecule is CN1CCN(CCOc2ccccc2NCc2cn[nH]c2-c2ccc(Br)cc2)CC1. The second kappa shape index (κ2) is 10.1. The standard InChI is InChI=1S/C23H28BrN5O/c1-28-10-12-29(13-11-28)14-15-30-22-5-3-2-4-21(22)25-16-19-17-26-27-23(19)18-6-8-20(24)9-7-18/h2-9,17,25H,10-16H2,1H3,(H,26,27). The third-order valence-corrected chi connectivity index (χ3v) is 6.00. The van der Waals surface area contributed by atoms with Gasteiger partial charge in [0.1, 0.15) is 12.4 Å². The van der Waals surface area contributed by atoms with Crippen LogP contribution in [0.5, 0.6) is 5.75 Å². The van der Waals surface area contributed by atoms with E-state index in [9.17, 15) is 0 Å². The van der Waals surface area contributed by atoms with Gasteiger partial charge < -0.3 is 15.0 Å². The number of nitrogens with one attached hydrogen (secondary N) is 2. The maximum Gasteiger partial charge on any atom is 0.142 e. The summed E-state index contributed by atoms with van der Waals surface area (Å²) in [5.74, 6) is 0.889. The van der Waals surface area contributed by atoms with Crippen LogP contribution in [0, 0.1) is 0 Å². The van der Waals surface area contributed by atoms with E-state index in [4.69, 9.17) is 4.74 Å². The van der Waals surface area contributed by atoms with Crippen molar-refractivity contribution in [1.29, 1.82) is 0 Å². The maximum absolute atomic E-state index is 6.12. The van der Waals surface area contributed by atoms with Crippen molar-refractivity contribution in [3.63, 3.8) is 0 Å². The molecule has 0 saturated carbocycles. The molecule has 2 heterocycles. The van der Waals surface area contributed by atoms with E-state index in [2.05, 4.69) is 66.5 Å². The number of piperazine rings is 1. The third kappa shape index (κ3) is 5.41. The molecule has 0 amide bonds. The molecule has 1 saturated heterocycles. The Balaban J connectivity index is 1.35. The van der Waals surface area contributed by atoms with Gasteiger partial charge >= 0.3 is 0 Å². The number of ether oxygens (including phenoxy) is 1. The molecule has 1 aliphatic rings. The summed E-state index contributed by atoms with van der Waals surface area (Å²) in [5, 5.41) is 10.9. The normalized spacial score (nSPS) is 15.3. The molecule has 0 spiro atoms. The maximum atomic E-state index is 6.12. The fourth-order valence-corrected chi connectivity index (χ4v) is 3.86. The molecule has 7 heteroatoms. The number of anilines is 1. The molecule has 6 nitrogen and oxygen atoms in total. The van der Waals surface area contributed by atoms with E-state index in [1.807, 2.05) is 36.5 Å². The number of hydrogen-bond acceptors (Lipinski definition) is 5. The van der Waals surface area contributed by atoms with Gasteiger partial charge in [-0.3, -0.25) is 10.00 Å². The molecule has 30 heavy (non-hydrogen) atoms. The van der Waals surface area contributed by atoms with Crippen molar-refractivity contribution >= 4 is 21.6 Å². The summed E-state index contributed by atoms with van der Waals surface area (Å²) in [6.07, 6.45) is 1.88. The van der Waals surface area contributed by atoms with E-state index >= 15 is 0 Å². The minimum Gasteiger partial charge on any atom is -0.490 e.